The number of hydrogen-bond donors (Lipinski definition) is 0. The second kappa shape index (κ2) is 8.22. The fraction of sp³-hybridized carbons (Fsp3) is 0.348. The van der Waals surface area contributed by atoms with Gasteiger partial charge in [0.1, 0.15) is 5.82 Å². The highest BCUT2D eigenvalue weighted by Gasteiger charge is 2.44. The van der Waals surface area contributed by atoms with Gasteiger partial charge in [-0.3, -0.25) is 4.79 Å². The van der Waals surface area contributed by atoms with E-state index >= 15 is 0 Å². The molecule has 2 aromatic rings. The predicted molar refractivity (Wildman–Crippen MR) is 118 cm³/mol. The van der Waals surface area contributed by atoms with Gasteiger partial charge in [0.05, 0.1) is 23.8 Å². The Bertz CT molecular complexity index is 1170. The summed E-state index contributed by atoms with van der Waals surface area (Å²) in [6, 6.07) is 13.2. The number of ether oxygens (including phenoxy) is 1. The molecule has 0 N–H and O–H groups in total. The zero-order valence-electron chi connectivity index (χ0n) is 17.5. The van der Waals surface area contributed by atoms with Crippen molar-refractivity contribution in [1.29, 1.82) is 0 Å². The molecule has 0 atom stereocenters. The molecule has 0 spiro atoms. The molecule has 0 bridgehead atoms. The minimum Gasteiger partial charge on any atom is -0.378 e. The molecule has 5 rings (SSSR count). The van der Waals surface area contributed by atoms with Crippen molar-refractivity contribution in [3.8, 4) is 0 Å². The fourth-order valence-corrected chi connectivity index (χ4v) is 6.32. The molecule has 2 saturated heterocycles. The first-order chi connectivity index (χ1) is 15.5. The van der Waals surface area contributed by atoms with Crippen molar-refractivity contribution in [2.45, 2.75) is 4.90 Å². The third kappa shape index (κ3) is 3.55. The van der Waals surface area contributed by atoms with Crippen molar-refractivity contribution in [2.75, 3.05) is 57.4 Å². The Morgan fingerprint density at radius 1 is 0.844 bits per heavy atom. The van der Waals surface area contributed by atoms with Crippen molar-refractivity contribution in [2.24, 2.45) is 0 Å². The number of sulfone groups is 1. The summed E-state index contributed by atoms with van der Waals surface area (Å²) in [6.45, 7) is 3.93. The summed E-state index contributed by atoms with van der Waals surface area (Å²) in [4.78, 5) is 19.2. The van der Waals surface area contributed by atoms with Crippen LogP contribution in [0.3, 0.4) is 0 Å². The standard InChI is InChI=1S/C23H24FN3O4S/c24-17-5-7-18(8-6-17)25-9-11-26(12-10-25)21-19-3-1-2-4-20(19)32(29,30)22(21)23(28)27-13-15-31-16-14-27/h1-8H,9-16H2. The van der Waals surface area contributed by atoms with Gasteiger partial charge in [-0.05, 0) is 30.3 Å². The molecule has 9 heteroatoms. The molecule has 2 aromatic carbocycles. The molecule has 7 nitrogen and oxygen atoms in total. The summed E-state index contributed by atoms with van der Waals surface area (Å²) < 4.78 is 45.5. The van der Waals surface area contributed by atoms with Crippen molar-refractivity contribution in [1.82, 2.24) is 9.80 Å². The molecule has 2 fully saturated rings. The number of piperazine rings is 1. The Balaban J connectivity index is 1.49. The molecule has 3 aliphatic heterocycles. The van der Waals surface area contributed by atoms with Gasteiger partial charge in [-0.15, -0.1) is 0 Å². The van der Waals surface area contributed by atoms with Crippen LogP contribution >= 0.6 is 0 Å². The molecule has 0 radical (unpaired) electrons. The van der Waals surface area contributed by atoms with Gasteiger partial charge in [0.25, 0.3) is 5.91 Å². The lowest BCUT2D eigenvalue weighted by atomic mass is 10.1. The summed E-state index contributed by atoms with van der Waals surface area (Å²) in [5.74, 6) is -0.739. The van der Waals surface area contributed by atoms with E-state index in [0.29, 0.717) is 63.7 Å². The average molecular weight is 458 g/mol. The highest BCUT2D eigenvalue weighted by Crippen LogP contribution is 2.42. The Morgan fingerprint density at radius 3 is 2.16 bits per heavy atom. The summed E-state index contributed by atoms with van der Waals surface area (Å²) in [6.07, 6.45) is 0. The number of hydrogen-bond acceptors (Lipinski definition) is 6. The third-order valence-corrected chi connectivity index (χ3v) is 8.04. The lowest BCUT2D eigenvalue weighted by Crippen LogP contribution is -2.46. The Hall–Kier alpha value is -2.91. The minimum atomic E-state index is -3.91. The number of carbonyl (C=O) groups excluding carboxylic acids is 1. The zero-order chi connectivity index (χ0) is 22.3. The minimum absolute atomic E-state index is 0.129. The Labute approximate surface area is 186 Å². The van der Waals surface area contributed by atoms with E-state index in [-0.39, 0.29) is 15.6 Å². The van der Waals surface area contributed by atoms with E-state index < -0.39 is 15.7 Å². The SMILES string of the molecule is O=C(C1=C(N2CCN(c3ccc(F)cc3)CC2)c2ccccc2S1(=O)=O)N1CCOCC1. The predicted octanol–water partition coefficient (Wildman–Crippen LogP) is 1.96. The highest BCUT2D eigenvalue weighted by atomic mass is 32.2. The molecule has 32 heavy (non-hydrogen) atoms. The van der Waals surface area contributed by atoms with Gasteiger partial charge in [-0.25, -0.2) is 12.8 Å². The topological polar surface area (TPSA) is 70.2 Å². The molecule has 168 valence electrons. The maximum atomic E-state index is 13.4. The maximum Gasteiger partial charge on any atom is 0.268 e. The summed E-state index contributed by atoms with van der Waals surface area (Å²) in [5.41, 5.74) is 2.00. The van der Waals surface area contributed by atoms with E-state index in [9.17, 15) is 17.6 Å². The van der Waals surface area contributed by atoms with Gasteiger partial charge < -0.3 is 19.4 Å². The van der Waals surface area contributed by atoms with Crippen LogP contribution in [0, 0.1) is 5.82 Å². The molecule has 0 saturated carbocycles. The number of carbonyl (C=O) groups is 1. The number of amides is 1. The van der Waals surface area contributed by atoms with Crippen LogP contribution in [0.25, 0.3) is 5.70 Å². The van der Waals surface area contributed by atoms with Crippen LogP contribution in [0.5, 0.6) is 0 Å². The average Bonchev–Trinajstić information content (AvgIpc) is 3.07. The van der Waals surface area contributed by atoms with Gasteiger partial charge in [-0.2, -0.15) is 0 Å². The van der Waals surface area contributed by atoms with Crippen LogP contribution in [0.15, 0.2) is 58.3 Å². The zero-order valence-corrected chi connectivity index (χ0v) is 18.4. The first kappa shape index (κ1) is 21.0. The van der Waals surface area contributed by atoms with Crippen molar-refractivity contribution >= 4 is 27.1 Å². The second-order valence-electron chi connectivity index (χ2n) is 8.03. The Morgan fingerprint density at radius 2 is 1.47 bits per heavy atom. The second-order valence-corrected chi connectivity index (χ2v) is 9.89. The summed E-state index contributed by atoms with van der Waals surface area (Å²) in [7, 11) is -3.91. The number of fused-ring (bicyclic) bond motifs is 1. The quantitative estimate of drug-likeness (QED) is 0.702. The summed E-state index contributed by atoms with van der Waals surface area (Å²) >= 11 is 0. The van der Waals surface area contributed by atoms with E-state index in [4.69, 9.17) is 4.74 Å². The van der Waals surface area contributed by atoms with Gasteiger partial charge in [0, 0.05) is 50.5 Å². The van der Waals surface area contributed by atoms with Crippen LogP contribution in [0.1, 0.15) is 5.56 Å². The van der Waals surface area contributed by atoms with Crippen LogP contribution in [0.2, 0.25) is 0 Å². The van der Waals surface area contributed by atoms with E-state index in [2.05, 4.69) is 4.90 Å². The van der Waals surface area contributed by atoms with Crippen molar-refractivity contribution in [3.05, 3.63) is 64.8 Å². The Kier molecular flexibility index (Phi) is 5.38. The van der Waals surface area contributed by atoms with Crippen molar-refractivity contribution < 1.29 is 22.3 Å². The smallest absolute Gasteiger partial charge is 0.268 e. The number of anilines is 1. The first-order valence-electron chi connectivity index (χ1n) is 10.7. The molecular weight excluding hydrogens is 433 g/mol. The molecule has 0 unspecified atom stereocenters. The number of morpholine rings is 1. The molecule has 0 aliphatic carbocycles. The molecule has 3 aliphatic rings. The lowest BCUT2D eigenvalue weighted by molar-refractivity contribution is -0.130. The monoisotopic (exact) mass is 457 g/mol. The largest absolute Gasteiger partial charge is 0.378 e. The molecule has 3 heterocycles. The molecule has 0 aromatic heterocycles. The van der Waals surface area contributed by atoms with E-state index in [1.807, 2.05) is 4.90 Å². The normalized spacial score (nSPS) is 20.5. The van der Waals surface area contributed by atoms with E-state index in [1.54, 1.807) is 41.3 Å². The first-order valence-corrected chi connectivity index (χ1v) is 12.2. The van der Waals surface area contributed by atoms with Gasteiger partial charge in [0.15, 0.2) is 4.91 Å². The number of nitrogens with zero attached hydrogens (tertiary/aromatic N) is 3. The number of halogens is 1. The van der Waals surface area contributed by atoms with Gasteiger partial charge >= 0.3 is 0 Å². The van der Waals surface area contributed by atoms with E-state index in [0.717, 1.165) is 5.69 Å². The molecular formula is C23H24FN3O4S. The van der Waals surface area contributed by atoms with Crippen LogP contribution in [0.4, 0.5) is 10.1 Å². The maximum absolute atomic E-state index is 13.4. The van der Waals surface area contributed by atoms with Gasteiger partial charge in [-0.1, -0.05) is 18.2 Å². The highest BCUT2D eigenvalue weighted by molar-refractivity contribution is 7.97. The molecule has 1 amide bonds. The van der Waals surface area contributed by atoms with Crippen LogP contribution in [-0.2, 0) is 19.4 Å². The third-order valence-electron chi connectivity index (χ3n) is 6.20. The number of rotatable bonds is 3. The van der Waals surface area contributed by atoms with Crippen LogP contribution in [-0.4, -0.2) is 76.6 Å². The van der Waals surface area contributed by atoms with Crippen molar-refractivity contribution in [3.63, 3.8) is 0 Å². The van der Waals surface area contributed by atoms with Gasteiger partial charge in [0.2, 0.25) is 9.84 Å². The lowest BCUT2D eigenvalue weighted by Gasteiger charge is -2.38. The number of benzene rings is 2. The van der Waals surface area contributed by atoms with E-state index in [1.165, 1.54) is 12.1 Å². The fourth-order valence-electron chi connectivity index (χ4n) is 4.54. The van der Waals surface area contributed by atoms with Crippen LogP contribution < -0.4 is 4.90 Å². The summed E-state index contributed by atoms with van der Waals surface area (Å²) in [5, 5.41) is 0.